The van der Waals surface area contributed by atoms with Crippen LogP contribution in [0, 0.1) is 0 Å². The van der Waals surface area contributed by atoms with Crippen molar-refractivity contribution < 1.29 is 0 Å². The van der Waals surface area contributed by atoms with Gasteiger partial charge in [-0.3, -0.25) is 0 Å². The molecule has 0 radical (unpaired) electrons. The first-order chi connectivity index (χ1) is 14.3. The van der Waals surface area contributed by atoms with E-state index in [1.165, 1.54) is 148 Å². The summed E-state index contributed by atoms with van der Waals surface area (Å²) in [5, 5.41) is 3.33. The minimum Gasteiger partial charge on any atom is -0.318 e. The molecule has 0 unspecified atom stereocenters. The number of rotatable bonds is 25. The zero-order valence-electron chi connectivity index (χ0n) is 20.9. The standard InChI is InChI=1S/C27H58N2/c1-4-6-8-10-12-14-16-18-20-22-25-29(27-24-28-3)26-23-21-19-17-15-13-11-9-7-5-2/h28H,4-27H2,1-3H3. The first-order valence-corrected chi connectivity index (χ1v) is 13.7. The minimum atomic E-state index is 1.13. The van der Waals surface area contributed by atoms with Gasteiger partial charge in [-0.2, -0.15) is 0 Å². The summed E-state index contributed by atoms with van der Waals surface area (Å²) in [7, 11) is 2.08. The van der Waals surface area contributed by atoms with E-state index in [0.29, 0.717) is 0 Å². The zero-order valence-corrected chi connectivity index (χ0v) is 20.9. The molecule has 0 aliphatic rings. The smallest absolute Gasteiger partial charge is 0.0107 e. The molecule has 0 saturated heterocycles. The van der Waals surface area contributed by atoms with E-state index in [0.717, 1.165) is 6.54 Å². The molecule has 2 nitrogen and oxygen atoms in total. The molecule has 0 saturated carbocycles. The monoisotopic (exact) mass is 410 g/mol. The van der Waals surface area contributed by atoms with Crippen molar-refractivity contribution in [3.8, 4) is 0 Å². The fourth-order valence-electron chi connectivity index (χ4n) is 4.25. The highest BCUT2D eigenvalue weighted by atomic mass is 15.1. The molecule has 0 rings (SSSR count). The van der Waals surface area contributed by atoms with Gasteiger partial charge in [0.15, 0.2) is 0 Å². The van der Waals surface area contributed by atoms with Crippen LogP contribution in [0.25, 0.3) is 0 Å². The Hall–Kier alpha value is -0.0800. The highest BCUT2D eigenvalue weighted by molar-refractivity contribution is 4.61. The molecule has 0 aromatic rings. The van der Waals surface area contributed by atoms with E-state index in [4.69, 9.17) is 0 Å². The molecule has 1 N–H and O–H groups in total. The van der Waals surface area contributed by atoms with Crippen molar-refractivity contribution in [3.63, 3.8) is 0 Å². The van der Waals surface area contributed by atoms with Crippen molar-refractivity contribution in [1.29, 1.82) is 0 Å². The van der Waals surface area contributed by atoms with Gasteiger partial charge in [-0.25, -0.2) is 0 Å². The molecule has 0 fully saturated rings. The van der Waals surface area contributed by atoms with Crippen LogP contribution in [0.5, 0.6) is 0 Å². The molecule has 0 aromatic heterocycles. The topological polar surface area (TPSA) is 15.3 Å². The van der Waals surface area contributed by atoms with Gasteiger partial charge < -0.3 is 10.2 Å². The van der Waals surface area contributed by atoms with Crippen molar-refractivity contribution in [2.75, 3.05) is 33.2 Å². The molecule has 0 aromatic carbocycles. The Morgan fingerprint density at radius 2 is 0.724 bits per heavy atom. The lowest BCUT2D eigenvalue weighted by molar-refractivity contribution is 0.262. The summed E-state index contributed by atoms with van der Waals surface area (Å²) in [6.07, 6.45) is 28.8. The van der Waals surface area contributed by atoms with Gasteiger partial charge in [0.05, 0.1) is 0 Å². The molecule has 29 heavy (non-hydrogen) atoms. The van der Waals surface area contributed by atoms with Crippen LogP contribution >= 0.6 is 0 Å². The summed E-state index contributed by atoms with van der Waals surface area (Å²) in [5.74, 6) is 0. The van der Waals surface area contributed by atoms with E-state index in [1.54, 1.807) is 0 Å². The Balaban J connectivity index is 3.52. The maximum Gasteiger partial charge on any atom is 0.0107 e. The Labute approximate surface area is 186 Å². The van der Waals surface area contributed by atoms with Gasteiger partial charge in [-0.15, -0.1) is 0 Å². The molecular formula is C27H58N2. The predicted octanol–water partition coefficient (Wildman–Crippen LogP) is 8.35. The summed E-state index contributed by atoms with van der Waals surface area (Å²) in [4.78, 5) is 2.71. The number of unbranched alkanes of at least 4 members (excludes halogenated alkanes) is 18. The van der Waals surface area contributed by atoms with Crippen LogP contribution in [0.1, 0.15) is 142 Å². The highest BCUT2D eigenvalue weighted by Crippen LogP contribution is 2.12. The lowest BCUT2D eigenvalue weighted by Gasteiger charge is -2.22. The van der Waals surface area contributed by atoms with Crippen molar-refractivity contribution in [1.82, 2.24) is 10.2 Å². The summed E-state index contributed by atoms with van der Waals surface area (Å²) >= 11 is 0. The Morgan fingerprint density at radius 1 is 0.414 bits per heavy atom. The molecule has 0 atom stereocenters. The van der Waals surface area contributed by atoms with E-state index in [1.807, 2.05) is 0 Å². The number of likely N-dealkylation sites (N-methyl/N-ethyl adjacent to an activating group) is 1. The molecule has 0 spiro atoms. The maximum atomic E-state index is 3.33. The highest BCUT2D eigenvalue weighted by Gasteiger charge is 2.04. The Bertz CT molecular complexity index is 256. The summed E-state index contributed by atoms with van der Waals surface area (Å²) in [6, 6.07) is 0. The Morgan fingerprint density at radius 3 is 1.03 bits per heavy atom. The first-order valence-electron chi connectivity index (χ1n) is 13.7. The quantitative estimate of drug-likeness (QED) is 0.152. The van der Waals surface area contributed by atoms with Crippen molar-refractivity contribution >= 4 is 0 Å². The van der Waals surface area contributed by atoms with Crippen LogP contribution in [-0.4, -0.2) is 38.1 Å². The van der Waals surface area contributed by atoms with Gasteiger partial charge in [0.1, 0.15) is 0 Å². The number of nitrogens with zero attached hydrogens (tertiary/aromatic N) is 1. The van der Waals surface area contributed by atoms with Gasteiger partial charge in [0, 0.05) is 13.1 Å². The van der Waals surface area contributed by atoms with Crippen LogP contribution in [0.2, 0.25) is 0 Å². The Kier molecular flexibility index (Phi) is 25.9. The fourth-order valence-corrected chi connectivity index (χ4v) is 4.25. The summed E-state index contributed by atoms with van der Waals surface area (Å²) in [5.41, 5.74) is 0. The van der Waals surface area contributed by atoms with Crippen molar-refractivity contribution in [2.24, 2.45) is 0 Å². The summed E-state index contributed by atoms with van der Waals surface area (Å²) in [6.45, 7) is 9.60. The van der Waals surface area contributed by atoms with E-state index >= 15 is 0 Å². The predicted molar refractivity (Wildman–Crippen MR) is 134 cm³/mol. The zero-order chi connectivity index (χ0) is 21.3. The second-order valence-corrected chi connectivity index (χ2v) is 9.31. The van der Waals surface area contributed by atoms with Gasteiger partial charge in [0.2, 0.25) is 0 Å². The van der Waals surface area contributed by atoms with Crippen molar-refractivity contribution in [2.45, 2.75) is 142 Å². The maximum absolute atomic E-state index is 3.33. The third-order valence-corrected chi connectivity index (χ3v) is 6.33. The lowest BCUT2D eigenvalue weighted by Crippen LogP contribution is -2.32. The van der Waals surface area contributed by atoms with Gasteiger partial charge in [-0.05, 0) is 33.0 Å². The molecular weight excluding hydrogens is 352 g/mol. The second kappa shape index (κ2) is 26.0. The van der Waals surface area contributed by atoms with E-state index in [9.17, 15) is 0 Å². The molecule has 0 amide bonds. The third kappa shape index (κ3) is 24.1. The molecule has 176 valence electrons. The normalized spacial score (nSPS) is 11.6. The van der Waals surface area contributed by atoms with Gasteiger partial charge >= 0.3 is 0 Å². The molecule has 0 bridgehead atoms. The van der Waals surface area contributed by atoms with E-state index in [2.05, 4.69) is 31.1 Å². The van der Waals surface area contributed by atoms with Crippen LogP contribution < -0.4 is 5.32 Å². The SMILES string of the molecule is CCCCCCCCCCCCN(CCCCCCCCCCCC)CCNC. The number of hydrogen-bond donors (Lipinski definition) is 1. The molecule has 2 heteroatoms. The van der Waals surface area contributed by atoms with Gasteiger partial charge in [-0.1, -0.05) is 129 Å². The molecule has 0 aliphatic heterocycles. The average molecular weight is 411 g/mol. The molecule has 0 heterocycles. The van der Waals surface area contributed by atoms with Crippen LogP contribution in [0.15, 0.2) is 0 Å². The number of nitrogens with one attached hydrogen (secondary N) is 1. The van der Waals surface area contributed by atoms with E-state index < -0.39 is 0 Å². The van der Waals surface area contributed by atoms with Gasteiger partial charge in [0.25, 0.3) is 0 Å². The molecule has 0 aliphatic carbocycles. The largest absolute Gasteiger partial charge is 0.318 e. The first kappa shape index (κ1) is 28.9. The number of hydrogen-bond acceptors (Lipinski definition) is 2. The van der Waals surface area contributed by atoms with Crippen LogP contribution in [0.4, 0.5) is 0 Å². The second-order valence-electron chi connectivity index (χ2n) is 9.31. The lowest BCUT2D eigenvalue weighted by atomic mass is 10.1. The summed E-state index contributed by atoms with van der Waals surface area (Å²) < 4.78 is 0. The average Bonchev–Trinajstić information content (AvgIpc) is 2.74. The minimum absolute atomic E-state index is 1.13. The van der Waals surface area contributed by atoms with Crippen LogP contribution in [0.3, 0.4) is 0 Å². The fraction of sp³-hybridized carbons (Fsp3) is 1.00. The van der Waals surface area contributed by atoms with Crippen molar-refractivity contribution in [3.05, 3.63) is 0 Å². The third-order valence-electron chi connectivity index (χ3n) is 6.33. The van der Waals surface area contributed by atoms with Crippen LogP contribution in [-0.2, 0) is 0 Å². The van der Waals surface area contributed by atoms with E-state index in [-0.39, 0.29) is 0 Å².